The minimum absolute atomic E-state index is 0.239. The van der Waals surface area contributed by atoms with Gasteiger partial charge in [-0.2, -0.15) is 0 Å². The van der Waals surface area contributed by atoms with Gasteiger partial charge in [-0.1, -0.05) is 0 Å². The lowest BCUT2D eigenvalue weighted by atomic mass is 10.1. The summed E-state index contributed by atoms with van der Waals surface area (Å²) in [5.74, 6) is 2.12. The van der Waals surface area contributed by atoms with E-state index in [1.54, 1.807) is 24.5 Å². The van der Waals surface area contributed by atoms with E-state index in [4.69, 9.17) is 14.2 Å². The Morgan fingerprint density at radius 2 is 1.56 bits per heavy atom. The van der Waals surface area contributed by atoms with Crippen molar-refractivity contribution in [3.05, 3.63) is 54.4 Å². The van der Waals surface area contributed by atoms with Crippen molar-refractivity contribution < 1.29 is 24.1 Å². The Kier molecular flexibility index (Phi) is 7.12. The summed E-state index contributed by atoms with van der Waals surface area (Å²) < 4.78 is 16.0. The lowest BCUT2D eigenvalue weighted by Crippen LogP contribution is -2.36. The van der Waals surface area contributed by atoms with Crippen LogP contribution in [-0.2, 0) is 0 Å². The number of pyridine rings is 2. The molecule has 0 bridgehead atoms. The van der Waals surface area contributed by atoms with Gasteiger partial charge >= 0.3 is 0 Å². The smallest absolute Gasteiger partial charge is 0.257 e. The third-order valence-electron chi connectivity index (χ3n) is 5.80. The van der Waals surface area contributed by atoms with Crippen molar-refractivity contribution in [2.45, 2.75) is 18.9 Å². The summed E-state index contributed by atoms with van der Waals surface area (Å²) in [4.78, 5) is 23.9. The number of aliphatic hydroxyl groups is 1. The molecule has 1 fully saturated rings. The average molecular weight is 465 g/mol. The fraction of sp³-hybridized carbons (Fsp3) is 0.320. The lowest BCUT2D eigenvalue weighted by Gasteiger charge is -2.30. The molecule has 9 nitrogen and oxygen atoms in total. The second kappa shape index (κ2) is 10.4. The molecular formula is C25H28N4O5. The van der Waals surface area contributed by atoms with Crippen LogP contribution in [0.4, 0.5) is 11.6 Å². The number of carbonyl (C=O) groups excluding carboxylic acids is 1. The largest absolute Gasteiger partial charge is 0.493 e. The quantitative estimate of drug-likeness (QED) is 0.548. The fourth-order valence-electron chi connectivity index (χ4n) is 3.94. The average Bonchev–Trinajstić information content (AvgIpc) is 2.88. The maximum absolute atomic E-state index is 12.9. The molecule has 178 valence electrons. The molecule has 0 saturated carbocycles. The summed E-state index contributed by atoms with van der Waals surface area (Å²) in [5, 5.41) is 12.6. The zero-order chi connectivity index (χ0) is 24.1. The van der Waals surface area contributed by atoms with Gasteiger partial charge in [-0.3, -0.25) is 4.79 Å². The number of aromatic nitrogens is 2. The Hall–Kier alpha value is -3.85. The lowest BCUT2D eigenvalue weighted by molar-refractivity contribution is 0.102. The molecule has 3 heterocycles. The number of amides is 1. The first-order valence-electron chi connectivity index (χ1n) is 11.0. The third kappa shape index (κ3) is 5.04. The van der Waals surface area contributed by atoms with Crippen LogP contribution in [0.1, 0.15) is 23.2 Å². The first kappa shape index (κ1) is 23.3. The van der Waals surface area contributed by atoms with Crippen LogP contribution in [0.2, 0.25) is 0 Å². The van der Waals surface area contributed by atoms with Crippen LogP contribution >= 0.6 is 0 Å². The number of rotatable bonds is 7. The van der Waals surface area contributed by atoms with Crippen LogP contribution in [0.15, 0.2) is 48.8 Å². The molecule has 4 rings (SSSR count). The molecule has 1 saturated heterocycles. The van der Waals surface area contributed by atoms with E-state index in [0.29, 0.717) is 28.6 Å². The molecule has 0 spiro atoms. The van der Waals surface area contributed by atoms with E-state index < -0.39 is 0 Å². The zero-order valence-corrected chi connectivity index (χ0v) is 19.4. The Balaban J connectivity index is 1.55. The number of hydrogen-bond acceptors (Lipinski definition) is 8. The van der Waals surface area contributed by atoms with Crippen molar-refractivity contribution in [1.29, 1.82) is 0 Å². The molecule has 3 aromatic rings. The monoisotopic (exact) mass is 464 g/mol. The molecule has 2 aromatic heterocycles. The van der Waals surface area contributed by atoms with Gasteiger partial charge in [0.1, 0.15) is 11.6 Å². The van der Waals surface area contributed by atoms with E-state index in [1.807, 2.05) is 24.3 Å². The van der Waals surface area contributed by atoms with Gasteiger partial charge < -0.3 is 29.5 Å². The van der Waals surface area contributed by atoms with E-state index in [2.05, 4.69) is 20.2 Å². The van der Waals surface area contributed by atoms with Crippen LogP contribution in [0, 0.1) is 0 Å². The summed E-state index contributed by atoms with van der Waals surface area (Å²) in [6.07, 6.45) is 4.65. The number of nitrogens with one attached hydrogen (secondary N) is 1. The molecule has 0 aliphatic carbocycles. The number of ether oxygens (including phenoxy) is 3. The third-order valence-corrected chi connectivity index (χ3v) is 5.80. The topological polar surface area (TPSA) is 106 Å². The molecular weight excluding hydrogens is 436 g/mol. The molecule has 0 unspecified atom stereocenters. The summed E-state index contributed by atoms with van der Waals surface area (Å²) >= 11 is 0. The highest BCUT2D eigenvalue weighted by molar-refractivity contribution is 6.04. The maximum atomic E-state index is 12.9. The highest BCUT2D eigenvalue weighted by atomic mass is 16.5. The molecule has 34 heavy (non-hydrogen) atoms. The Morgan fingerprint density at radius 3 is 2.18 bits per heavy atom. The van der Waals surface area contributed by atoms with Crippen LogP contribution in [0.5, 0.6) is 17.2 Å². The maximum Gasteiger partial charge on any atom is 0.257 e. The summed E-state index contributed by atoms with van der Waals surface area (Å²) in [5.41, 5.74) is 2.21. The number of carbonyl (C=O) groups is 1. The molecule has 9 heteroatoms. The SMILES string of the molecule is COc1cc(C(=O)Nc2cc(-c3ccnc(N4CCC(O)CC4)c3)ccn2)cc(OC)c1OC. The van der Waals surface area contributed by atoms with Gasteiger partial charge in [0.2, 0.25) is 5.75 Å². The van der Waals surface area contributed by atoms with Crippen molar-refractivity contribution in [3.8, 4) is 28.4 Å². The Morgan fingerprint density at radius 1 is 0.941 bits per heavy atom. The van der Waals surface area contributed by atoms with Crippen molar-refractivity contribution in [2.24, 2.45) is 0 Å². The summed E-state index contributed by atoms with van der Waals surface area (Å²) in [6.45, 7) is 1.54. The van der Waals surface area contributed by atoms with E-state index in [-0.39, 0.29) is 12.0 Å². The number of aliphatic hydroxyl groups excluding tert-OH is 1. The summed E-state index contributed by atoms with van der Waals surface area (Å²) in [6, 6.07) is 10.8. The molecule has 1 amide bonds. The molecule has 1 aliphatic rings. The van der Waals surface area contributed by atoms with Crippen molar-refractivity contribution >= 4 is 17.5 Å². The second-order valence-electron chi connectivity index (χ2n) is 7.92. The zero-order valence-electron chi connectivity index (χ0n) is 19.4. The minimum Gasteiger partial charge on any atom is -0.493 e. The van der Waals surface area contributed by atoms with Gasteiger partial charge in [-0.15, -0.1) is 0 Å². The van der Waals surface area contributed by atoms with Crippen molar-refractivity contribution in [2.75, 3.05) is 44.6 Å². The fourth-order valence-corrected chi connectivity index (χ4v) is 3.94. The van der Waals surface area contributed by atoms with Gasteiger partial charge in [0, 0.05) is 31.0 Å². The number of methoxy groups -OCH3 is 3. The Bertz CT molecular complexity index is 1140. The first-order valence-corrected chi connectivity index (χ1v) is 11.0. The van der Waals surface area contributed by atoms with Crippen LogP contribution in [-0.4, -0.2) is 61.5 Å². The van der Waals surface area contributed by atoms with E-state index in [9.17, 15) is 9.90 Å². The molecule has 1 aromatic carbocycles. The van der Waals surface area contributed by atoms with Gasteiger partial charge in [0.05, 0.1) is 27.4 Å². The van der Waals surface area contributed by atoms with Gasteiger partial charge in [-0.05, 0) is 60.4 Å². The Labute approximate surface area is 198 Å². The van der Waals surface area contributed by atoms with Gasteiger partial charge in [0.15, 0.2) is 11.5 Å². The normalized spacial score (nSPS) is 13.9. The predicted octanol–water partition coefficient (Wildman–Crippen LogP) is 3.38. The first-order chi connectivity index (χ1) is 16.5. The number of piperidine rings is 1. The predicted molar refractivity (Wildman–Crippen MR) is 129 cm³/mol. The van der Waals surface area contributed by atoms with Gasteiger partial charge in [-0.25, -0.2) is 9.97 Å². The molecule has 0 atom stereocenters. The van der Waals surface area contributed by atoms with Crippen LogP contribution < -0.4 is 24.4 Å². The number of benzene rings is 1. The van der Waals surface area contributed by atoms with Crippen molar-refractivity contribution in [3.63, 3.8) is 0 Å². The highest BCUT2D eigenvalue weighted by Crippen LogP contribution is 2.38. The number of nitrogens with zero attached hydrogens (tertiary/aromatic N) is 3. The van der Waals surface area contributed by atoms with E-state index in [1.165, 1.54) is 21.3 Å². The van der Waals surface area contributed by atoms with Crippen LogP contribution in [0.25, 0.3) is 11.1 Å². The number of anilines is 2. The second-order valence-corrected chi connectivity index (χ2v) is 7.92. The molecule has 1 aliphatic heterocycles. The van der Waals surface area contributed by atoms with Gasteiger partial charge in [0.25, 0.3) is 5.91 Å². The van der Waals surface area contributed by atoms with Crippen molar-refractivity contribution in [1.82, 2.24) is 9.97 Å². The minimum atomic E-state index is -0.355. The highest BCUT2D eigenvalue weighted by Gasteiger charge is 2.19. The summed E-state index contributed by atoms with van der Waals surface area (Å²) in [7, 11) is 4.51. The molecule has 2 N–H and O–H groups in total. The molecule has 0 radical (unpaired) electrons. The standard InChI is InChI=1S/C25H28N4O5/c1-32-20-12-18(13-21(33-2)24(20)34-3)25(31)28-22-14-16(4-8-26-22)17-5-9-27-23(15-17)29-10-6-19(30)7-11-29/h4-5,8-9,12-15,19,30H,6-7,10-11H2,1-3H3,(H,26,28,31). The van der Waals surface area contributed by atoms with E-state index >= 15 is 0 Å². The van der Waals surface area contributed by atoms with Crippen LogP contribution in [0.3, 0.4) is 0 Å². The number of hydrogen-bond donors (Lipinski definition) is 2. The van der Waals surface area contributed by atoms with E-state index in [0.717, 1.165) is 42.9 Å².